The zero-order valence-electron chi connectivity index (χ0n) is 15.0. The number of methoxy groups -OCH3 is 1. The maximum absolute atomic E-state index is 12.0. The van der Waals surface area contributed by atoms with Gasteiger partial charge in [-0.1, -0.05) is 6.07 Å². The van der Waals surface area contributed by atoms with Gasteiger partial charge in [-0.3, -0.25) is 9.78 Å². The molecule has 6 heteroatoms. The summed E-state index contributed by atoms with van der Waals surface area (Å²) < 4.78 is 16.9. The third-order valence-electron chi connectivity index (χ3n) is 5.42. The van der Waals surface area contributed by atoms with Crippen molar-refractivity contribution in [1.29, 1.82) is 0 Å². The van der Waals surface area contributed by atoms with Crippen LogP contribution in [0.2, 0.25) is 0 Å². The van der Waals surface area contributed by atoms with E-state index < -0.39 is 0 Å². The van der Waals surface area contributed by atoms with E-state index in [0.29, 0.717) is 12.5 Å². The van der Waals surface area contributed by atoms with Crippen molar-refractivity contribution < 1.29 is 19.0 Å². The number of carbonyl (C=O) groups excluding carboxylic acids is 1. The predicted molar refractivity (Wildman–Crippen MR) is 93.0 cm³/mol. The van der Waals surface area contributed by atoms with Crippen LogP contribution >= 0.6 is 0 Å². The molecule has 0 N–H and O–H groups in total. The smallest absolute Gasteiger partial charge is 0.248 e. The molecule has 25 heavy (non-hydrogen) atoms. The van der Waals surface area contributed by atoms with E-state index in [9.17, 15) is 4.79 Å². The van der Waals surface area contributed by atoms with Crippen LogP contribution in [-0.4, -0.2) is 61.4 Å². The molecule has 0 aromatic carbocycles. The number of hydrogen-bond acceptors (Lipinski definition) is 5. The summed E-state index contributed by atoms with van der Waals surface area (Å²) in [7, 11) is 1.56. The number of carbonyl (C=O) groups is 1. The lowest BCUT2D eigenvalue weighted by Gasteiger charge is -2.42. The van der Waals surface area contributed by atoms with Gasteiger partial charge in [0.25, 0.3) is 0 Å². The number of nitrogens with zero attached hydrogens (tertiary/aromatic N) is 2. The van der Waals surface area contributed by atoms with Crippen molar-refractivity contribution in [3.8, 4) is 0 Å². The second-order valence-corrected chi connectivity index (χ2v) is 6.87. The van der Waals surface area contributed by atoms with E-state index in [1.54, 1.807) is 13.3 Å². The molecule has 0 aliphatic carbocycles. The highest BCUT2D eigenvalue weighted by Gasteiger charge is 2.46. The van der Waals surface area contributed by atoms with E-state index >= 15 is 0 Å². The van der Waals surface area contributed by atoms with Crippen molar-refractivity contribution in [3.05, 3.63) is 30.1 Å². The first-order valence-electron chi connectivity index (χ1n) is 9.12. The highest BCUT2D eigenvalue weighted by Crippen LogP contribution is 2.42. The van der Waals surface area contributed by atoms with Gasteiger partial charge in [-0.05, 0) is 43.7 Å². The van der Waals surface area contributed by atoms with Crippen LogP contribution < -0.4 is 0 Å². The largest absolute Gasteiger partial charge is 0.375 e. The number of likely N-dealkylation sites (tertiary alicyclic amines) is 1. The van der Waals surface area contributed by atoms with E-state index in [1.165, 1.54) is 0 Å². The summed E-state index contributed by atoms with van der Waals surface area (Å²) in [6, 6.07) is 5.87. The molecule has 1 aromatic heterocycles. The van der Waals surface area contributed by atoms with E-state index in [1.807, 2.05) is 23.1 Å². The van der Waals surface area contributed by atoms with Crippen LogP contribution in [-0.2, 0) is 25.6 Å². The Hall–Kier alpha value is -1.50. The number of pyridine rings is 1. The average molecular weight is 348 g/mol. The fourth-order valence-electron chi connectivity index (χ4n) is 3.98. The first-order chi connectivity index (χ1) is 12.2. The Labute approximate surface area is 149 Å². The SMILES string of the molecule is COCC(=O)N1CCC2(CC1)OCC[C@H]2CCOCc1ccccn1. The van der Waals surface area contributed by atoms with Crippen molar-refractivity contribution in [2.24, 2.45) is 5.92 Å². The van der Waals surface area contributed by atoms with Crippen LogP contribution in [0.25, 0.3) is 0 Å². The lowest BCUT2D eigenvalue weighted by molar-refractivity contribution is -0.141. The van der Waals surface area contributed by atoms with Gasteiger partial charge >= 0.3 is 0 Å². The number of rotatable bonds is 7. The summed E-state index contributed by atoms with van der Waals surface area (Å²) in [5.74, 6) is 0.585. The number of hydrogen-bond donors (Lipinski definition) is 0. The summed E-state index contributed by atoms with van der Waals surface area (Å²) in [6.45, 7) is 3.77. The molecule has 6 nitrogen and oxygen atoms in total. The molecule has 2 aliphatic heterocycles. The first-order valence-corrected chi connectivity index (χ1v) is 9.12. The third-order valence-corrected chi connectivity index (χ3v) is 5.42. The molecule has 1 atom stereocenters. The van der Waals surface area contributed by atoms with Gasteiger partial charge in [-0.15, -0.1) is 0 Å². The number of aromatic nitrogens is 1. The molecule has 2 fully saturated rings. The molecule has 2 aliphatic rings. The minimum absolute atomic E-state index is 0.0712. The molecule has 0 unspecified atom stereocenters. The third kappa shape index (κ3) is 4.57. The molecule has 0 saturated carbocycles. The van der Waals surface area contributed by atoms with Crippen molar-refractivity contribution in [2.45, 2.75) is 37.9 Å². The summed E-state index contributed by atoms with van der Waals surface area (Å²) in [5.41, 5.74) is 0.892. The number of piperidine rings is 1. The van der Waals surface area contributed by atoms with Crippen LogP contribution in [0.3, 0.4) is 0 Å². The Morgan fingerprint density at radius 1 is 1.40 bits per heavy atom. The predicted octanol–water partition coefficient (Wildman–Crippen LogP) is 2.03. The van der Waals surface area contributed by atoms with Crippen molar-refractivity contribution in [1.82, 2.24) is 9.88 Å². The maximum atomic E-state index is 12.0. The van der Waals surface area contributed by atoms with E-state index in [2.05, 4.69) is 4.98 Å². The quantitative estimate of drug-likeness (QED) is 0.706. The van der Waals surface area contributed by atoms with Crippen LogP contribution in [0, 0.1) is 5.92 Å². The molecule has 1 aromatic rings. The zero-order valence-corrected chi connectivity index (χ0v) is 15.0. The first kappa shape index (κ1) is 18.3. The van der Waals surface area contributed by atoms with Gasteiger partial charge in [0.05, 0.1) is 17.9 Å². The highest BCUT2D eigenvalue weighted by atomic mass is 16.5. The molecule has 3 heterocycles. The second-order valence-electron chi connectivity index (χ2n) is 6.87. The van der Waals surface area contributed by atoms with Gasteiger partial charge in [0, 0.05) is 39.6 Å². The second kappa shape index (κ2) is 8.74. The minimum atomic E-state index is -0.0712. The number of amides is 1. The fourth-order valence-corrected chi connectivity index (χ4v) is 3.98. The maximum Gasteiger partial charge on any atom is 0.248 e. The fraction of sp³-hybridized carbons (Fsp3) is 0.684. The zero-order chi connectivity index (χ0) is 17.5. The molecule has 1 amide bonds. The average Bonchev–Trinajstić information content (AvgIpc) is 3.02. The lowest BCUT2D eigenvalue weighted by Crippen LogP contribution is -2.50. The summed E-state index contributed by atoms with van der Waals surface area (Å²) >= 11 is 0. The molecule has 138 valence electrons. The summed E-state index contributed by atoms with van der Waals surface area (Å²) in [5, 5.41) is 0. The Bertz CT molecular complexity index is 544. The van der Waals surface area contributed by atoms with E-state index in [-0.39, 0.29) is 18.1 Å². The standard InChI is InChI=1S/C19H28N2O4/c1-23-15-18(22)21-10-7-19(8-11-21)16(6-13-25-19)5-12-24-14-17-4-2-3-9-20-17/h2-4,9,16H,5-8,10-15H2,1H3/t16-/m1/s1. The van der Waals surface area contributed by atoms with Gasteiger partial charge in [0.1, 0.15) is 6.61 Å². The normalized spacial score (nSPS) is 22.4. The molecule has 0 bridgehead atoms. The van der Waals surface area contributed by atoms with Gasteiger partial charge in [0.2, 0.25) is 5.91 Å². The molecule has 3 rings (SSSR count). The molecular weight excluding hydrogens is 320 g/mol. The Kier molecular flexibility index (Phi) is 6.39. The number of ether oxygens (including phenoxy) is 3. The molecule has 1 spiro atoms. The van der Waals surface area contributed by atoms with Crippen molar-refractivity contribution in [2.75, 3.05) is 40.0 Å². The Morgan fingerprint density at radius 3 is 2.96 bits per heavy atom. The van der Waals surface area contributed by atoms with Crippen LogP contribution in [0.1, 0.15) is 31.4 Å². The minimum Gasteiger partial charge on any atom is -0.375 e. The van der Waals surface area contributed by atoms with E-state index in [0.717, 1.165) is 57.7 Å². The van der Waals surface area contributed by atoms with Gasteiger partial charge < -0.3 is 19.1 Å². The Balaban J connectivity index is 1.44. The lowest BCUT2D eigenvalue weighted by atomic mass is 9.78. The van der Waals surface area contributed by atoms with Crippen molar-refractivity contribution >= 4 is 5.91 Å². The van der Waals surface area contributed by atoms with Gasteiger partial charge in [-0.25, -0.2) is 0 Å². The summed E-state index contributed by atoms with van der Waals surface area (Å²) in [4.78, 5) is 18.1. The molecule has 0 radical (unpaired) electrons. The molecule has 2 saturated heterocycles. The summed E-state index contributed by atoms with van der Waals surface area (Å²) in [6.07, 6.45) is 5.69. The highest BCUT2D eigenvalue weighted by molar-refractivity contribution is 5.77. The van der Waals surface area contributed by atoms with Gasteiger partial charge in [0.15, 0.2) is 0 Å². The Morgan fingerprint density at radius 2 is 2.24 bits per heavy atom. The van der Waals surface area contributed by atoms with Crippen LogP contribution in [0.5, 0.6) is 0 Å². The van der Waals surface area contributed by atoms with Crippen LogP contribution in [0.4, 0.5) is 0 Å². The van der Waals surface area contributed by atoms with Crippen molar-refractivity contribution in [3.63, 3.8) is 0 Å². The van der Waals surface area contributed by atoms with E-state index in [4.69, 9.17) is 14.2 Å². The monoisotopic (exact) mass is 348 g/mol. The van der Waals surface area contributed by atoms with Crippen LogP contribution in [0.15, 0.2) is 24.4 Å². The van der Waals surface area contributed by atoms with Gasteiger partial charge in [-0.2, -0.15) is 0 Å². The topological polar surface area (TPSA) is 60.9 Å². The molecular formula is C19H28N2O4.